The fourth-order valence-electron chi connectivity index (χ4n) is 2.53. The van der Waals surface area contributed by atoms with Crippen molar-refractivity contribution in [1.82, 2.24) is 15.1 Å². The molecule has 0 radical (unpaired) electrons. The van der Waals surface area contributed by atoms with Crippen molar-refractivity contribution in [3.63, 3.8) is 0 Å². The average molecular weight is 352 g/mol. The van der Waals surface area contributed by atoms with Crippen molar-refractivity contribution < 1.29 is 4.74 Å². The minimum atomic E-state index is 0.0137. The second-order valence-electron chi connectivity index (χ2n) is 5.38. The molecule has 0 saturated carbocycles. The molecule has 1 aromatic heterocycles. The van der Waals surface area contributed by atoms with Crippen LogP contribution in [-0.2, 0) is 0 Å². The van der Waals surface area contributed by atoms with Crippen LogP contribution >= 0.6 is 15.9 Å². The van der Waals surface area contributed by atoms with Gasteiger partial charge in [0.2, 0.25) is 0 Å². The van der Waals surface area contributed by atoms with Crippen LogP contribution in [0.4, 0.5) is 0 Å². The zero-order valence-corrected chi connectivity index (χ0v) is 14.7. The van der Waals surface area contributed by atoms with Crippen LogP contribution in [0.2, 0.25) is 0 Å². The van der Waals surface area contributed by atoms with E-state index in [1.54, 1.807) is 7.11 Å². The summed E-state index contributed by atoms with van der Waals surface area (Å²) in [7, 11) is 3.66. The molecule has 0 aliphatic rings. The van der Waals surface area contributed by atoms with Gasteiger partial charge in [0.05, 0.1) is 29.5 Å². The van der Waals surface area contributed by atoms with Crippen molar-refractivity contribution in [2.24, 2.45) is 0 Å². The second kappa shape index (κ2) is 6.62. The smallest absolute Gasteiger partial charge is 0.124 e. The maximum Gasteiger partial charge on any atom is 0.124 e. The Bertz CT molecular complexity index is 622. The van der Waals surface area contributed by atoms with Crippen LogP contribution in [0, 0.1) is 6.92 Å². The molecule has 1 aromatic carbocycles. The Hall–Kier alpha value is -1.33. The molecular weight excluding hydrogens is 330 g/mol. The van der Waals surface area contributed by atoms with E-state index >= 15 is 0 Å². The first-order valence-electron chi connectivity index (χ1n) is 7.04. The van der Waals surface area contributed by atoms with Crippen molar-refractivity contribution in [2.45, 2.75) is 32.9 Å². The Kier molecular flexibility index (Phi) is 5.06. The minimum absolute atomic E-state index is 0.0137. The van der Waals surface area contributed by atoms with Crippen molar-refractivity contribution in [3.05, 3.63) is 45.7 Å². The lowest BCUT2D eigenvalue weighted by molar-refractivity contribution is 0.401. The van der Waals surface area contributed by atoms with Gasteiger partial charge >= 0.3 is 0 Å². The largest absolute Gasteiger partial charge is 0.496 e. The molecule has 0 bridgehead atoms. The van der Waals surface area contributed by atoms with E-state index < -0.39 is 0 Å². The van der Waals surface area contributed by atoms with E-state index in [0.717, 1.165) is 21.5 Å². The van der Waals surface area contributed by atoms with E-state index in [0.29, 0.717) is 6.04 Å². The topological polar surface area (TPSA) is 39.1 Å². The Morgan fingerprint density at radius 2 is 2.05 bits per heavy atom. The number of nitrogens with one attached hydrogen (secondary N) is 1. The number of hydrogen-bond acceptors (Lipinski definition) is 3. The summed E-state index contributed by atoms with van der Waals surface area (Å²) in [5, 5.41) is 7.85. The summed E-state index contributed by atoms with van der Waals surface area (Å²) in [6.07, 6.45) is 1.85. The summed E-state index contributed by atoms with van der Waals surface area (Å²) in [4.78, 5) is 0. The lowest BCUT2D eigenvalue weighted by Crippen LogP contribution is -2.23. The molecule has 0 fully saturated rings. The van der Waals surface area contributed by atoms with Gasteiger partial charge in [0.15, 0.2) is 0 Å². The van der Waals surface area contributed by atoms with Gasteiger partial charge < -0.3 is 10.1 Å². The van der Waals surface area contributed by atoms with Crippen molar-refractivity contribution >= 4 is 15.9 Å². The van der Waals surface area contributed by atoms with Crippen LogP contribution in [0.5, 0.6) is 5.75 Å². The highest BCUT2D eigenvalue weighted by Crippen LogP contribution is 2.35. The molecule has 0 amide bonds. The molecule has 2 aromatic rings. The van der Waals surface area contributed by atoms with Crippen LogP contribution in [0.15, 0.2) is 28.9 Å². The number of benzene rings is 1. The number of ether oxygens (including phenoxy) is 1. The summed E-state index contributed by atoms with van der Waals surface area (Å²) >= 11 is 3.62. The second-order valence-corrected chi connectivity index (χ2v) is 6.24. The van der Waals surface area contributed by atoms with Crippen LogP contribution in [0.3, 0.4) is 0 Å². The van der Waals surface area contributed by atoms with Gasteiger partial charge in [-0.15, -0.1) is 0 Å². The number of nitrogens with zero attached hydrogens (tertiary/aromatic N) is 2. The Balaban J connectivity index is 2.57. The molecule has 1 unspecified atom stereocenters. The van der Waals surface area contributed by atoms with Crippen LogP contribution in [0.1, 0.15) is 42.8 Å². The van der Waals surface area contributed by atoms with Crippen LogP contribution in [-0.4, -0.2) is 23.9 Å². The monoisotopic (exact) mass is 351 g/mol. The zero-order chi connectivity index (χ0) is 15.6. The fraction of sp³-hybridized carbons (Fsp3) is 0.438. The molecule has 0 aliphatic carbocycles. The molecule has 5 heteroatoms. The normalized spacial score (nSPS) is 12.7. The van der Waals surface area contributed by atoms with Gasteiger partial charge in [0.1, 0.15) is 5.75 Å². The highest BCUT2D eigenvalue weighted by Gasteiger charge is 2.24. The lowest BCUT2D eigenvalue weighted by atomic mass is 10.0. The van der Waals surface area contributed by atoms with Gasteiger partial charge in [-0.05, 0) is 55.4 Å². The van der Waals surface area contributed by atoms with E-state index in [9.17, 15) is 0 Å². The predicted octanol–water partition coefficient (Wildman–Crippen LogP) is 3.85. The average Bonchev–Trinajstić information content (AvgIpc) is 2.83. The summed E-state index contributed by atoms with van der Waals surface area (Å²) in [6.45, 7) is 6.32. The van der Waals surface area contributed by atoms with Gasteiger partial charge in [-0.2, -0.15) is 5.10 Å². The van der Waals surface area contributed by atoms with E-state index in [-0.39, 0.29) is 6.04 Å². The summed E-state index contributed by atoms with van der Waals surface area (Å²) < 4.78 is 8.59. The molecule has 21 heavy (non-hydrogen) atoms. The number of rotatable bonds is 5. The molecule has 1 heterocycles. The first-order chi connectivity index (χ1) is 9.99. The first kappa shape index (κ1) is 16.0. The highest BCUT2D eigenvalue weighted by atomic mass is 79.9. The zero-order valence-electron chi connectivity index (χ0n) is 13.1. The van der Waals surface area contributed by atoms with Crippen LogP contribution < -0.4 is 10.1 Å². The number of hydrogen-bond donors (Lipinski definition) is 1. The third kappa shape index (κ3) is 3.14. The van der Waals surface area contributed by atoms with Crippen LogP contribution in [0.25, 0.3) is 0 Å². The highest BCUT2D eigenvalue weighted by molar-refractivity contribution is 9.10. The van der Waals surface area contributed by atoms with Gasteiger partial charge in [-0.3, -0.25) is 4.68 Å². The molecule has 0 saturated heterocycles. The maximum absolute atomic E-state index is 5.56. The fourth-order valence-corrected chi connectivity index (χ4v) is 3.03. The maximum atomic E-state index is 5.56. The van der Waals surface area contributed by atoms with Gasteiger partial charge in [-0.25, -0.2) is 0 Å². The third-order valence-electron chi connectivity index (χ3n) is 3.54. The number of aromatic nitrogens is 2. The molecular formula is C16H22BrN3O. The van der Waals surface area contributed by atoms with E-state index in [1.807, 2.05) is 17.9 Å². The van der Waals surface area contributed by atoms with Gasteiger partial charge in [-0.1, -0.05) is 12.1 Å². The molecule has 114 valence electrons. The van der Waals surface area contributed by atoms with E-state index in [2.05, 4.69) is 65.3 Å². The van der Waals surface area contributed by atoms with Crippen molar-refractivity contribution in [1.29, 1.82) is 0 Å². The number of halogens is 1. The minimum Gasteiger partial charge on any atom is -0.496 e. The predicted molar refractivity (Wildman–Crippen MR) is 88.9 cm³/mol. The van der Waals surface area contributed by atoms with Crippen molar-refractivity contribution in [2.75, 3.05) is 14.2 Å². The number of methoxy groups -OCH3 is 1. The SMILES string of the molecule is CNC(c1ccc(C)cc1OC)c1c(Br)cnn1C(C)C. The molecule has 0 aliphatic heterocycles. The van der Waals surface area contributed by atoms with Crippen molar-refractivity contribution in [3.8, 4) is 5.75 Å². The van der Waals surface area contributed by atoms with Gasteiger partial charge in [0, 0.05) is 11.6 Å². The Morgan fingerprint density at radius 3 is 2.62 bits per heavy atom. The van der Waals surface area contributed by atoms with E-state index in [4.69, 9.17) is 4.74 Å². The molecule has 4 nitrogen and oxygen atoms in total. The molecule has 2 rings (SSSR count). The third-order valence-corrected chi connectivity index (χ3v) is 4.15. The quantitative estimate of drug-likeness (QED) is 0.888. The Labute approximate surface area is 134 Å². The molecule has 1 atom stereocenters. The first-order valence-corrected chi connectivity index (χ1v) is 7.83. The van der Waals surface area contributed by atoms with Gasteiger partial charge in [0.25, 0.3) is 0 Å². The number of aryl methyl sites for hydroxylation is 1. The summed E-state index contributed by atoms with van der Waals surface area (Å²) in [5.74, 6) is 0.887. The molecule has 1 N–H and O–H groups in total. The molecule has 0 spiro atoms. The summed E-state index contributed by atoms with van der Waals surface area (Å²) in [6, 6.07) is 6.58. The summed E-state index contributed by atoms with van der Waals surface area (Å²) in [5.41, 5.74) is 3.39. The standard InChI is InChI=1S/C16H22BrN3O/c1-10(2)20-16(13(17)9-19-20)15(18-4)12-7-6-11(3)8-14(12)21-5/h6-10,15,18H,1-5H3. The Morgan fingerprint density at radius 1 is 1.33 bits per heavy atom. The van der Waals surface area contributed by atoms with E-state index in [1.165, 1.54) is 5.56 Å². The lowest BCUT2D eigenvalue weighted by Gasteiger charge is -2.23.